The number of ether oxygens (including phenoxy) is 6. The molecule has 0 radical (unpaired) electrons. The summed E-state index contributed by atoms with van der Waals surface area (Å²) in [6.07, 6.45) is 3.31. The Morgan fingerprint density at radius 1 is 0.868 bits per heavy atom. The summed E-state index contributed by atoms with van der Waals surface area (Å²) in [6, 6.07) is 19.6. The van der Waals surface area contributed by atoms with Crippen LogP contribution in [-0.2, 0) is 30.5 Å². The van der Waals surface area contributed by atoms with Gasteiger partial charge in [0.05, 0.1) is 41.5 Å². The summed E-state index contributed by atoms with van der Waals surface area (Å²) in [6.45, 7) is 5.86. The molecule has 53 heavy (non-hydrogen) atoms. The predicted molar refractivity (Wildman–Crippen MR) is 202 cm³/mol. The van der Waals surface area contributed by atoms with E-state index in [-0.39, 0.29) is 12.1 Å². The maximum absolute atomic E-state index is 12.9. The third-order valence-corrected chi connectivity index (χ3v) is 11.6. The summed E-state index contributed by atoms with van der Waals surface area (Å²) in [5, 5.41) is 10.6. The number of quaternary nitrogens is 1. The highest BCUT2D eigenvalue weighted by molar-refractivity contribution is 5.72. The summed E-state index contributed by atoms with van der Waals surface area (Å²) in [5.41, 5.74) is 6.51. The molecule has 4 heterocycles. The monoisotopic (exact) mass is 723 g/mol. The van der Waals surface area contributed by atoms with Gasteiger partial charge in [-0.25, -0.2) is 4.79 Å². The molecule has 4 unspecified atom stereocenters. The van der Waals surface area contributed by atoms with Crippen LogP contribution >= 0.6 is 0 Å². The van der Waals surface area contributed by atoms with Crippen LogP contribution in [0.15, 0.2) is 60.7 Å². The molecule has 4 atom stereocenters. The van der Waals surface area contributed by atoms with Crippen molar-refractivity contribution >= 4 is 5.97 Å². The minimum Gasteiger partial charge on any atom is -0.493 e. The van der Waals surface area contributed by atoms with Crippen molar-refractivity contribution in [2.24, 2.45) is 0 Å². The number of hydrogen-bond acceptors (Lipinski definition) is 8. The van der Waals surface area contributed by atoms with Crippen LogP contribution in [0.2, 0.25) is 0 Å². The van der Waals surface area contributed by atoms with Crippen LogP contribution in [0.5, 0.6) is 46.0 Å². The molecular formula is C43H51N2O8+. The van der Waals surface area contributed by atoms with Crippen molar-refractivity contribution in [3.05, 3.63) is 94.0 Å². The lowest BCUT2D eigenvalue weighted by Crippen LogP contribution is -2.60. The fraction of sp³-hybridized carbons (Fsp3) is 0.419. The maximum atomic E-state index is 12.9. The molecule has 4 aliphatic heterocycles. The number of hydrogen-bond donors (Lipinski definition) is 1. The lowest BCUT2D eigenvalue weighted by molar-refractivity contribution is -0.956. The van der Waals surface area contributed by atoms with Crippen LogP contribution in [0.3, 0.4) is 0 Å². The Bertz CT molecular complexity index is 2000. The average molecular weight is 724 g/mol. The topological polar surface area (TPSA) is 95.9 Å². The van der Waals surface area contributed by atoms with E-state index in [1.165, 1.54) is 0 Å². The Kier molecular flexibility index (Phi) is 10.2. The first kappa shape index (κ1) is 36.4. The molecule has 0 amide bonds. The molecule has 4 aromatic rings. The highest BCUT2D eigenvalue weighted by atomic mass is 16.6. The van der Waals surface area contributed by atoms with Crippen molar-refractivity contribution in [1.82, 2.24) is 4.90 Å². The number of aliphatic carboxylic acids is 1. The van der Waals surface area contributed by atoms with Gasteiger partial charge in [-0.3, -0.25) is 4.90 Å². The Morgan fingerprint density at radius 3 is 2.25 bits per heavy atom. The third kappa shape index (κ3) is 6.63. The molecule has 1 N–H and O–H groups in total. The van der Waals surface area contributed by atoms with E-state index >= 15 is 0 Å². The lowest BCUT2D eigenvalue weighted by Gasteiger charge is -2.49. The third-order valence-electron chi connectivity index (χ3n) is 11.6. The van der Waals surface area contributed by atoms with E-state index < -0.39 is 12.0 Å². The second kappa shape index (κ2) is 14.8. The molecule has 6 bridgehead atoms. The summed E-state index contributed by atoms with van der Waals surface area (Å²) in [5.74, 6) is 4.08. The van der Waals surface area contributed by atoms with E-state index in [9.17, 15) is 9.90 Å². The second-order valence-electron chi connectivity index (χ2n) is 14.5. The van der Waals surface area contributed by atoms with Crippen LogP contribution in [0.4, 0.5) is 0 Å². The van der Waals surface area contributed by atoms with E-state index in [1.807, 2.05) is 32.0 Å². The molecule has 4 aliphatic rings. The van der Waals surface area contributed by atoms with Crippen LogP contribution in [0.25, 0.3) is 0 Å². The van der Waals surface area contributed by atoms with Crippen molar-refractivity contribution in [2.45, 2.75) is 64.1 Å². The van der Waals surface area contributed by atoms with Gasteiger partial charge in [0.25, 0.3) is 0 Å². The Morgan fingerprint density at radius 2 is 1.57 bits per heavy atom. The zero-order valence-corrected chi connectivity index (χ0v) is 31.9. The second-order valence-corrected chi connectivity index (χ2v) is 14.5. The summed E-state index contributed by atoms with van der Waals surface area (Å²) < 4.78 is 38.1. The van der Waals surface area contributed by atoms with Crippen LogP contribution < -0.4 is 28.4 Å². The fourth-order valence-electron chi connectivity index (χ4n) is 8.78. The quantitative estimate of drug-likeness (QED) is 0.182. The van der Waals surface area contributed by atoms with Crippen LogP contribution in [0, 0.1) is 0 Å². The molecule has 4 aromatic carbocycles. The van der Waals surface area contributed by atoms with Gasteiger partial charge in [0.1, 0.15) is 11.8 Å². The van der Waals surface area contributed by atoms with Crippen molar-refractivity contribution in [3.8, 4) is 46.0 Å². The predicted octanol–water partition coefficient (Wildman–Crippen LogP) is 7.93. The number of benzene rings is 4. The molecule has 8 rings (SSSR count). The summed E-state index contributed by atoms with van der Waals surface area (Å²) >= 11 is 0. The Hall–Kier alpha value is -4.93. The zero-order valence-electron chi connectivity index (χ0n) is 31.9. The van der Waals surface area contributed by atoms with Gasteiger partial charge in [-0.15, -0.1) is 0 Å². The van der Waals surface area contributed by atoms with E-state index in [0.29, 0.717) is 89.3 Å². The molecule has 0 saturated heterocycles. The molecule has 0 spiro atoms. The SMILES string of the molecule is CCOc1c(OC)cc2c3c1Oc1cc4c(cc1OC)CC[N+](C)(C(CC)C(=O)O)C4Cc1ccc(cc1)Oc1cc(ccc1OC)CC3N(C)CC2. The first-order valence-corrected chi connectivity index (χ1v) is 18.6. The van der Waals surface area contributed by atoms with Gasteiger partial charge >= 0.3 is 5.97 Å². The van der Waals surface area contributed by atoms with Gasteiger partial charge in [-0.1, -0.05) is 25.1 Å². The number of carboxylic acids is 1. The first-order valence-electron chi connectivity index (χ1n) is 18.6. The van der Waals surface area contributed by atoms with E-state index in [4.69, 9.17) is 28.4 Å². The molecule has 0 saturated carbocycles. The van der Waals surface area contributed by atoms with Crippen LogP contribution in [-0.4, -0.2) is 81.6 Å². The van der Waals surface area contributed by atoms with Crippen molar-refractivity contribution in [1.29, 1.82) is 0 Å². The first-order chi connectivity index (χ1) is 25.6. The normalized spacial score (nSPS) is 21.2. The largest absolute Gasteiger partial charge is 0.493 e. The van der Waals surface area contributed by atoms with Crippen LogP contribution in [0.1, 0.15) is 65.7 Å². The average Bonchev–Trinajstić information content (AvgIpc) is 3.15. The lowest BCUT2D eigenvalue weighted by atomic mass is 9.84. The molecule has 10 heteroatoms. The number of carbonyl (C=O) groups is 1. The number of methoxy groups -OCH3 is 3. The maximum Gasteiger partial charge on any atom is 0.362 e. The van der Waals surface area contributed by atoms with Crippen molar-refractivity contribution in [3.63, 3.8) is 0 Å². The number of fused-ring (bicyclic) bond motifs is 2. The van der Waals surface area contributed by atoms with Crippen molar-refractivity contribution < 1.29 is 42.8 Å². The highest BCUT2D eigenvalue weighted by Gasteiger charge is 2.47. The van der Waals surface area contributed by atoms with E-state index in [1.54, 1.807) is 21.3 Å². The smallest absolute Gasteiger partial charge is 0.362 e. The Balaban J connectivity index is 1.50. The van der Waals surface area contributed by atoms with Gasteiger partial charge in [0.15, 0.2) is 40.5 Å². The molecule has 0 aromatic heterocycles. The molecular weight excluding hydrogens is 672 g/mol. The van der Waals surface area contributed by atoms with Gasteiger partial charge in [0.2, 0.25) is 5.75 Å². The summed E-state index contributed by atoms with van der Waals surface area (Å²) in [7, 11) is 9.21. The van der Waals surface area contributed by atoms with Crippen molar-refractivity contribution in [2.75, 3.05) is 55.1 Å². The highest BCUT2D eigenvalue weighted by Crippen LogP contribution is 2.52. The molecule has 280 valence electrons. The van der Waals surface area contributed by atoms with Gasteiger partial charge in [-0.05, 0) is 91.5 Å². The molecule has 0 fully saturated rings. The standard InChI is InChI=1S/C43H50N2O8/c1-8-33(43(46)47)45(4)19-17-28-23-36(49-6)38-25-31(28)34(45)21-26-10-13-30(14-11-26)52-37-22-27(12-15-35(37)48-5)20-32-40-29(16-18-44(32)3)24-39(50-7)41(51-9-2)42(40)53-38/h10-15,22-25,32-34H,8-9,16-21H2,1-7H3/p+1. The minimum atomic E-state index is -0.789. The minimum absolute atomic E-state index is 0.0736. The number of likely N-dealkylation sites (N-methyl/N-ethyl adjacent to an activating group) is 2. The van der Waals surface area contributed by atoms with Gasteiger partial charge < -0.3 is 38.0 Å². The van der Waals surface area contributed by atoms with E-state index in [2.05, 4.69) is 61.5 Å². The molecule has 10 nitrogen and oxygen atoms in total. The van der Waals surface area contributed by atoms with Gasteiger partial charge in [-0.2, -0.15) is 0 Å². The molecule has 0 aliphatic carbocycles. The Labute approximate surface area is 312 Å². The van der Waals surface area contributed by atoms with E-state index in [0.717, 1.165) is 46.3 Å². The summed E-state index contributed by atoms with van der Waals surface area (Å²) in [4.78, 5) is 15.2. The fourth-order valence-corrected chi connectivity index (χ4v) is 8.78. The zero-order chi connectivity index (χ0) is 37.4. The number of nitrogens with zero attached hydrogens (tertiary/aromatic N) is 2. The number of carboxylic acid groups (broad SMARTS) is 1. The van der Waals surface area contributed by atoms with Gasteiger partial charge in [0, 0.05) is 43.0 Å². The number of rotatable bonds is 8.